The molecule has 1 aromatic rings. The summed E-state index contributed by atoms with van der Waals surface area (Å²) in [7, 11) is -7.39. The van der Waals surface area contributed by atoms with Gasteiger partial charge >= 0.3 is 0 Å². The van der Waals surface area contributed by atoms with Gasteiger partial charge in [0.15, 0.2) is 0 Å². The lowest BCUT2D eigenvalue weighted by Crippen LogP contribution is -2.07. The maximum Gasteiger partial charge on any atom is 0.264 e. The molecular weight excluding hydrogens is 408 g/mol. The first-order valence-corrected chi connectivity index (χ1v) is 12.3. The summed E-state index contributed by atoms with van der Waals surface area (Å²) < 4.78 is 68.5. The van der Waals surface area contributed by atoms with Gasteiger partial charge in [-0.1, -0.05) is 12.2 Å². The molecule has 4 N–H and O–H groups in total. The second-order valence-corrected chi connectivity index (χ2v) is 9.63. The molecule has 10 heteroatoms. The number of hydrogen-bond donors (Lipinski definition) is 4. The number of benzene rings is 1. The molecule has 0 aliphatic heterocycles. The maximum absolute atomic E-state index is 10.7. The molecular formula is C18H30O8S2. The van der Waals surface area contributed by atoms with Gasteiger partial charge in [-0.15, -0.1) is 0 Å². The second-order valence-electron chi connectivity index (χ2n) is 6.39. The molecule has 0 amide bonds. The van der Waals surface area contributed by atoms with Crippen molar-refractivity contribution in [3.05, 3.63) is 29.3 Å². The highest BCUT2D eigenvalue weighted by Crippen LogP contribution is 2.33. The van der Waals surface area contributed by atoms with Crippen LogP contribution in [0.1, 0.15) is 43.7 Å². The van der Waals surface area contributed by atoms with Gasteiger partial charge in [-0.2, -0.15) is 8.42 Å². The minimum atomic E-state index is -3.94. The summed E-state index contributed by atoms with van der Waals surface area (Å²) in [5.74, 6) is 0.991. The minimum Gasteiger partial charge on any atom is -0.493 e. The van der Waals surface area contributed by atoms with E-state index in [1.165, 1.54) is 0 Å². The Hall–Kier alpha value is -1.30. The summed E-state index contributed by atoms with van der Waals surface area (Å²) in [5.41, 5.74) is 1.69. The fraction of sp³-hybridized carbons (Fsp3) is 0.556. The third-order valence-corrected chi connectivity index (χ3v) is 5.42. The third-order valence-electron chi connectivity index (χ3n) is 3.78. The van der Waals surface area contributed by atoms with Gasteiger partial charge in [0.05, 0.1) is 29.8 Å². The average molecular weight is 439 g/mol. The number of hydrogen-bond acceptors (Lipinski definition) is 7. The SMILES string of the molecule is CC=Cc1cc(OCCCCS(O)(O)O)c(C)cc1OCCCCS(=O)(=O)O. The van der Waals surface area contributed by atoms with Gasteiger partial charge < -0.3 is 23.1 Å². The Morgan fingerprint density at radius 3 is 2.00 bits per heavy atom. The first kappa shape index (κ1) is 24.7. The van der Waals surface area contributed by atoms with E-state index in [4.69, 9.17) is 27.7 Å². The third kappa shape index (κ3) is 10.9. The molecule has 8 nitrogen and oxygen atoms in total. The van der Waals surface area contributed by atoms with Gasteiger partial charge in [0.2, 0.25) is 0 Å². The summed E-state index contributed by atoms with van der Waals surface area (Å²) in [4.78, 5) is 0. The Balaban J connectivity index is 2.61. The molecule has 0 spiro atoms. The Morgan fingerprint density at radius 1 is 0.893 bits per heavy atom. The highest BCUT2D eigenvalue weighted by molar-refractivity contribution is 8.19. The van der Waals surface area contributed by atoms with E-state index in [-0.39, 0.29) is 11.5 Å². The standard InChI is InChI=1S/C18H30O8S2/c1-3-8-16-14-17(25-9-4-6-11-27(19,20)21)15(2)13-18(16)26-10-5-7-12-28(22,23)24/h3,8,13-14,19-21H,4-7,9-12H2,1-2H3,(H,22,23,24). The smallest absolute Gasteiger partial charge is 0.264 e. The first-order valence-electron chi connectivity index (χ1n) is 8.98. The van der Waals surface area contributed by atoms with Crippen LogP contribution in [-0.2, 0) is 10.1 Å². The molecule has 28 heavy (non-hydrogen) atoms. The van der Waals surface area contributed by atoms with Crippen LogP contribution >= 0.6 is 10.9 Å². The summed E-state index contributed by atoms with van der Waals surface area (Å²) in [6, 6.07) is 3.69. The Labute approximate surface area is 168 Å². The molecule has 0 aliphatic rings. The number of allylic oxidation sites excluding steroid dienone is 1. The quantitative estimate of drug-likeness (QED) is 0.262. The van der Waals surface area contributed by atoms with E-state index in [1.54, 1.807) is 0 Å². The van der Waals surface area contributed by atoms with Crippen molar-refractivity contribution in [3.8, 4) is 11.5 Å². The predicted octanol–water partition coefficient (Wildman–Crippen LogP) is 4.46. The van der Waals surface area contributed by atoms with Crippen LogP contribution in [0.2, 0.25) is 0 Å². The van der Waals surface area contributed by atoms with Crippen LogP contribution in [0.4, 0.5) is 0 Å². The van der Waals surface area contributed by atoms with E-state index in [0.717, 1.165) is 11.1 Å². The molecule has 1 aromatic carbocycles. The molecule has 1 rings (SSSR count). The minimum absolute atomic E-state index is 0.0659. The highest BCUT2D eigenvalue weighted by atomic mass is 32.3. The van der Waals surface area contributed by atoms with Crippen LogP contribution < -0.4 is 9.47 Å². The van der Waals surface area contributed by atoms with Crippen LogP contribution in [0.15, 0.2) is 18.2 Å². The fourth-order valence-electron chi connectivity index (χ4n) is 2.42. The van der Waals surface area contributed by atoms with Crippen molar-refractivity contribution in [1.29, 1.82) is 0 Å². The van der Waals surface area contributed by atoms with Crippen LogP contribution in [0.3, 0.4) is 0 Å². The molecule has 0 unspecified atom stereocenters. The van der Waals surface area contributed by atoms with E-state index >= 15 is 0 Å². The number of rotatable bonds is 13. The van der Waals surface area contributed by atoms with Crippen molar-refractivity contribution in [2.45, 2.75) is 39.5 Å². The van der Waals surface area contributed by atoms with Crippen LogP contribution in [-0.4, -0.2) is 51.3 Å². The summed E-state index contributed by atoms with van der Waals surface area (Å²) in [6.07, 6.45) is 5.56. The van der Waals surface area contributed by atoms with E-state index in [9.17, 15) is 8.42 Å². The Bertz CT molecular complexity index is 739. The molecule has 0 heterocycles. The molecule has 0 bridgehead atoms. The molecule has 0 aromatic heterocycles. The highest BCUT2D eigenvalue weighted by Gasteiger charge is 2.11. The lowest BCUT2D eigenvalue weighted by atomic mass is 10.1. The molecule has 0 aliphatic carbocycles. The Morgan fingerprint density at radius 2 is 1.46 bits per heavy atom. The van der Waals surface area contributed by atoms with Crippen molar-refractivity contribution in [2.24, 2.45) is 0 Å². The number of aryl methyl sites for hydroxylation is 1. The van der Waals surface area contributed by atoms with Crippen molar-refractivity contribution in [1.82, 2.24) is 0 Å². The lowest BCUT2D eigenvalue weighted by Gasteiger charge is -2.18. The molecule has 0 fully saturated rings. The van der Waals surface area contributed by atoms with Crippen LogP contribution in [0.5, 0.6) is 11.5 Å². The fourth-order valence-corrected chi connectivity index (χ4v) is 3.58. The Kier molecular flexibility index (Phi) is 10.3. The average Bonchev–Trinajstić information content (AvgIpc) is 2.55. The van der Waals surface area contributed by atoms with E-state index in [0.29, 0.717) is 50.4 Å². The zero-order valence-electron chi connectivity index (χ0n) is 16.2. The van der Waals surface area contributed by atoms with Gasteiger partial charge in [-0.25, -0.2) is 0 Å². The molecule has 0 atom stereocenters. The van der Waals surface area contributed by atoms with Gasteiger partial charge in [0, 0.05) is 11.3 Å². The van der Waals surface area contributed by atoms with Gasteiger partial charge in [-0.05, 0) is 57.2 Å². The van der Waals surface area contributed by atoms with Crippen molar-refractivity contribution in [2.75, 3.05) is 24.7 Å². The number of ether oxygens (including phenoxy) is 2. The summed E-state index contributed by atoms with van der Waals surface area (Å²) in [6.45, 7) is 4.46. The van der Waals surface area contributed by atoms with Crippen LogP contribution in [0, 0.1) is 6.92 Å². The molecule has 162 valence electrons. The van der Waals surface area contributed by atoms with Gasteiger partial charge in [0.1, 0.15) is 11.5 Å². The van der Waals surface area contributed by atoms with Crippen LogP contribution in [0.25, 0.3) is 6.08 Å². The van der Waals surface area contributed by atoms with E-state index < -0.39 is 21.0 Å². The monoisotopic (exact) mass is 438 g/mol. The van der Waals surface area contributed by atoms with Crippen molar-refractivity contribution >= 4 is 27.1 Å². The summed E-state index contributed by atoms with van der Waals surface area (Å²) >= 11 is 0. The normalized spacial score (nSPS) is 13.1. The topological polar surface area (TPSA) is 134 Å². The zero-order chi connectivity index (χ0) is 21.2. The first-order chi connectivity index (χ1) is 13.0. The van der Waals surface area contributed by atoms with Gasteiger partial charge in [0.25, 0.3) is 10.1 Å². The number of unbranched alkanes of at least 4 members (excludes halogenated alkanes) is 2. The maximum atomic E-state index is 10.7. The van der Waals surface area contributed by atoms with Gasteiger partial charge in [-0.3, -0.25) is 4.55 Å². The zero-order valence-corrected chi connectivity index (χ0v) is 17.8. The summed E-state index contributed by atoms with van der Waals surface area (Å²) in [5, 5.41) is 0. The molecule has 0 radical (unpaired) electrons. The van der Waals surface area contributed by atoms with Crippen molar-refractivity contribution in [3.63, 3.8) is 0 Å². The molecule has 0 saturated carbocycles. The van der Waals surface area contributed by atoms with E-state index in [2.05, 4.69) is 0 Å². The largest absolute Gasteiger partial charge is 0.493 e. The lowest BCUT2D eigenvalue weighted by molar-refractivity contribution is 0.297. The predicted molar refractivity (Wildman–Crippen MR) is 112 cm³/mol. The second kappa shape index (κ2) is 11.6. The van der Waals surface area contributed by atoms with Crippen molar-refractivity contribution < 1.29 is 36.1 Å². The molecule has 0 saturated heterocycles. The van der Waals surface area contributed by atoms with E-state index in [1.807, 2.05) is 38.1 Å².